The van der Waals surface area contributed by atoms with Gasteiger partial charge in [0.05, 0.1) is 22.8 Å². The average Bonchev–Trinajstić information content (AvgIpc) is 3.75. The number of hydrogen-bond donors (Lipinski definition) is 0. The van der Waals surface area contributed by atoms with Crippen LogP contribution in [0.5, 0.6) is 0 Å². The Bertz CT molecular complexity index is 2490. The van der Waals surface area contributed by atoms with E-state index in [0.717, 1.165) is 111 Å². The lowest BCUT2D eigenvalue weighted by molar-refractivity contribution is 0.568. The maximum Gasteiger partial charge on any atom is 0.226 e. The van der Waals surface area contributed by atoms with E-state index >= 15 is 0 Å². The number of rotatable bonds is 7. The Morgan fingerprint density at radius 1 is 0.407 bits per heavy atom. The molecule has 54 heavy (non-hydrogen) atoms. The summed E-state index contributed by atoms with van der Waals surface area (Å²) < 4.78 is 4.81. The Balaban J connectivity index is 1.16. The molecule has 6 heterocycles. The minimum atomic E-state index is 0.784. The minimum absolute atomic E-state index is 0.784. The number of para-hydroxylation sites is 2. The Morgan fingerprint density at radius 2 is 0.796 bits per heavy atom. The third-order valence-electron chi connectivity index (χ3n) is 11.7. The maximum absolute atomic E-state index is 5.31. The second kappa shape index (κ2) is 13.6. The molecule has 2 aliphatic heterocycles. The second-order valence-corrected chi connectivity index (χ2v) is 15.0. The molecule has 0 atom stereocenters. The van der Waals surface area contributed by atoms with Crippen molar-refractivity contribution in [1.82, 2.24) is 29.1 Å². The van der Waals surface area contributed by atoms with Gasteiger partial charge in [0.2, 0.25) is 11.9 Å². The highest BCUT2D eigenvalue weighted by molar-refractivity contribution is 6.10. The molecule has 0 amide bonds. The van der Waals surface area contributed by atoms with Crippen molar-refractivity contribution < 1.29 is 0 Å². The van der Waals surface area contributed by atoms with Crippen LogP contribution in [0, 0.1) is 0 Å². The molecule has 0 radical (unpaired) electrons. The largest absolute Gasteiger partial charge is 0.341 e. The van der Waals surface area contributed by atoms with Crippen LogP contribution in [0.1, 0.15) is 52.4 Å². The highest BCUT2D eigenvalue weighted by Gasteiger charge is 2.22. The Morgan fingerprint density at radius 3 is 1.22 bits per heavy atom. The Hall–Kier alpha value is -5.76. The number of benzene rings is 4. The molecule has 0 saturated carbocycles. The number of nitrogens with zero attached hydrogens (tertiary/aromatic N) is 8. The van der Waals surface area contributed by atoms with Gasteiger partial charge in [-0.1, -0.05) is 48.5 Å². The summed E-state index contributed by atoms with van der Waals surface area (Å²) in [7, 11) is 0. The quantitative estimate of drug-likeness (QED) is 0.164. The average molecular weight is 711 g/mol. The van der Waals surface area contributed by atoms with Gasteiger partial charge in [-0.2, -0.15) is 0 Å². The van der Waals surface area contributed by atoms with Crippen molar-refractivity contribution in [3.05, 3.63) is 97.1 Å². The molecule has 8 aromatic rings. The van der Waals surface area contributed by atoms with Crippen LogP contribution < -0.4 is 9.80 Å². The van der Waals surface area contributed by atoms with Crippen molar-refractivity contribution in [2.24, 2.45) is 0 Å². The van der Waals surface area contributed by atoms with E-state index in [4.69, 9.17) is 19.9 Å². The van der Waals surface area contributed by atoms with Gasteiger partial charge >= 0.3 is 0 Å². The second-order valence-electron chi connectivity index (χ2n) is 15.0. The summed E-state index contributed by atoms with van der Waals surface area (Å²) in [5, 5.41) is 5.04. The summed E-state index contributed by atoms with van der Waals surface area (Å²) >= 11 is 0. The SMILES string of the molecule is CCn1c2ccccc2c2cc(-c3cc(-c4cc(-c5ccc6c(c5)c5ccccc5n6CC)nc(N5CCCCC5)n4)nc(N4CCCCC4)n3)ccc21. The summed E-state index contributed by atoms with van der Waals surface area (Å²) in [6, 6.07) is 35.4. The van der Waals surface area contributed by atoms with Crippen molar-refractivity contribution in [2.75, 3.05) is 36.0 Å². The van der Waals surface area contributed by atoms with Crippen molar-refractivity contribution >= 4 is 55.5 Å². The molecule has 4 aromatic carbocycles. The van der Waals surface area contributed by atoms with E-state index in [2.05, 4.69) is 130 Å². The Kier molecular flexibility index (Phi) is 8.26. The van der Waals surface area contributed by atoms with Gasteiger partial charge in [0.1, 0.15) is 0 Å². The molecular formula is C46H46N8. The summed E-state index contributed by atoms with van der Waals surface area (Å²) in [5.41, 5.74) is 10.7. The molecule has 2 aliphatic rings. The fourth-order valence-corrected chi connectivity index (χ4v) is 9.01. The lowest BCUT2D eigenvalue weighted by Crippen LogP contribution is -2.31. The summed E-state index contributed by atoms with van der Waals surface area (Å²) in [5.74, 6) is 1.57. The summed E-state index contributed by atoms with van der Waals surface area (Å²) in [6.07, 6.45) is 7.10. The fraction of sp³-hybridized carbons (Fsp3) is 0.304. The standard InChI is InChI=1S/C46H46N8/c1-3-53-41-17-9-7-15-33(41)35-27-31(19-21-43(35)53)37-29-39(49-45(47-37)51-23-11-5-12-24-51)40-30-38(48-46(50-40)52-25-13-6-14-26-52)32-20-22-44-36(28-32)34-16-8-10-18-42(34)54(44)4-2/h7-10,15-22,27-30H,3-6,11-14,23-26H2,1-2H3. The van der Waals surface area contributed by atoms with E-state index in [9.17, 15) is 0 Å². The molecule has 0 unspecified atom stereocenters. The first-order valence-electron chi connectivity index (χ1n) is 20.0. The van der Waals surface area contributed by atoms with Crippen LogP contribution in [-0.4, -0.2) is 55.2 Å². The minimum Gasteiger partial charge on any atom is -0.341 e. The first-order chi connectivity index (χ1) is 26.7. The molecule has 2 fully saturated rings. The molecule has 10 rings (SSSR count). The molecule has 4 aromatic heterocycles. The van der Waals surface area contributed by atoms with Gasteiger partial charge in [-0.15, -0.1) is 0 Å². The predicted molar refractivity (Wildman–Crippen MR) is 223 cm³/mol. The van der Waals surface area contributed by atoms with E-state index in [1.165, 1.54) is 56.5 Å². The molecule has 0 N–H and O–H groups in total. The smallest absolute Gasteiger partial charge is 0.226 e. The Labute approximate surface area is 316 Å². The first kappa shape index (κ1) is 32.9. The van der Waals surface area contributed by atoms with E-state index < -0.39 is 0 Å². The van der Waals surface area contributed by atoms with Crippen LogP contribution in [0.25, 0.3) is 77.5 Å². The van der Waals surface area contributed by atoms with Gasteiger partial charge < -0.3 is 18.9 Å². The van der Waals surface area contributed by atoms with Crippen LogP contribution in [0.15, 0.2) is 97.1 Å². The van der Waals surface area contributed by atoms with Gasteiger partial charge in [-0.05, 0) is 101 Å². The zero-order valence-electron chi connectivity index (χ0n) is 31.3. The topological polar surface area (TPSA) is 67.9 Å². The lowest BCUT2D eigenvalue weighted by atomic mass is 10.0. The van der Waals surface area contributed by atoms with Crippen LogP contribution in [0.2, 0.25) is 0 Å². The predicted octanol–water partition coefficient (Wildman–Crippen LogP) is 10.5. The van der Waals surface area contributed by atoms with Crippen LogP contribution >= 0.6 is 0 Å². The number of piperidine rings is 2. The van der Waals surface area contributed by atoms with E-state index in [0.29, 0.717) is 0 Å². The fourth-order valence-electron chi connectivity index (χ4n) is 9.01. The number of aryl methyl sites for hydroxylation is 2. The monoisotopic (exact) mass is 710 g/mol. The van der Waals surface area contributed by atoms with Gasteiger partial charge in [-0.3, -0.25) is 0 Å². The highest BCUT2D eigenvalue weighted by atomic mass is 15.3. The third kappa shape index (κ3) is 5.58. The number of anilines is 2. The normalized spacial score (nSPS) is 15.3. The molecule has 8 heteroatoms. The highest BCUT2D eigenvalue weighted by Crippen LogP contribution is 2.37. The number of hydrogen-bond acceptors (Lipinski definition) is 6. The first-order valence-corrected chi connectivity index (χ1v) is 20.0. The maximum atomic E-state index is 5.31. The van der Waals surface area contributed by atoms with Crippen molar-refractivity contribution in [1.29, 1.82) is 0 Å². The molecule has 0 bridgehead atoms. The van der Waals surface area contributed by atoms with Gasteiger partial charge in [0, 0.05) is 94.0 Å². The van der Waals surface area contributed by atoms with Crippen LogP contribution in [0.4, 0.5) is 11.9 Å². The molecule has 270 valence electrons. The van der Waals surface area contributed by atoms with Crippen molar-refractivity contribution in [3.8, 4) is 33.9 Å². The summed E-state index contributed by atoms with van der Waals surface area (Å²) in [6.45, 7) is 10.1. The third-order valence-corrected chi connectivity index (χ3v) is 11.7. The van der Waals surface area contributed by atoms with Gasteiger partial charge in [-0.25, -0.2) is 19.9 Å². The van der Waals surface area contributed by atoms with E-state index in [1.807, 2.05) is 0 Å². The number of aromatic nitrogens is 6. The molecule has 8 nitrogen and oxygen atoms in total. The summed E-state index contributed by atoms with van der Waals surface area (Å²) in [4.78, 5) is 25.9. The lowest BCUT2D eigenvalue weighted by Gasteiger charge is -2.28. The molecular weight excluding hydrogens is 665 g/mol. The molecule has 2 saturated heterocycles. The van der Waals surface area contributed by atoms with Crippen LogP contribution in [-0.2, 0) is 13.1 Å². The van der Waals surface area contributed by atoms with Gasteiger partial charge in [0.15, 0.2) is 0 Å². The van der Waals surface area contributed by atoms with Crippen molar-refractivity contribution in [3.63, 3.8) is 0 Å². The molecule has 0 aliphatic carbocycles. The van der Waals surface area contributed by atoms with Crippen molar-refractivity contribution in [2.45, 2.75) is 65.5 Å². The van der Waals surface area contributed by atoms with E-state index in [1.54, 1.807) is 0 Å². The van der Waals surface area contributed by atoms with Gasteiger partial charge in [0.25, 0.3) is 0 Å². The zero-order chi connectivity index (χ0) is 36.2. The van der Waals surface area contributed by atoms with E-state index in [-0.39, 0.29) is 0 Å². The number of fused-ring (bicyclic) bond motifs is 6. The zero-order valence-corrected chi connectivity index (χ0v) is 31.3. The molecule has 0 spiro atoms. The van der Waals surface area contributed by atoms with Crippen LogP contribution in [0.3, 0.4) is 0 Å².